The molecule has 3 rings (SSSR count). The van der Waals surface area contributed by atoms with Crippen molar-refractivity contribution < 1.29 is 14.9 Å². The second-order valence-electron chi connectivity index (χ2n) is 7.21. The summed E-state index contributed by atoms with van der Waals surface area (Å²) in [4.78, 5) is 10.9. The van der Waals surface area contributed by atoms with Gasteiger partial charge in [0.1, 0.15) is 12.1 Å². The maximum atomic E-state index is 10.2. The van der Waals surface area contributed by atoms with Gasteiger partial charge in [0.05, 0.1) is 12.6 Å². The number of fused-ring (bicyclic) bond motifs is 1. The highest BCUT2D eigenvalue weighted by molar-refractivity contribution is 9.10. The fourth-order valence-electron chi connectivity index (χ4n) is 3.31. The first-order valence-electron chi connectivity index (χ1n) is 9.88. The van der Waals surface area contributed by atoms with Gasteiger partial charge in [-0.1, -0.05) is 22.0 Å². The largest absolute Gasteiger partial charge is 0.504 e. The lowest BCUT2D eigenvalue weighted by atomic mass is 10.1. The molecule has 1 heterocycles. The van der Waals surface area contributed by atoms with Crippen LogP contribution in [-0.2, 0) is 6.54 Å². The van der Waals surface area contributed by atoms with Crippen LogP contribution in [0.3, 0.4) is 0 Å². The summed E-state index contributed by atoms with van der Waals surface area (Å²) in [5.74, 6) is 1.03. The molecule has 0 bridgehead atoms. The molecule has 0 aliphatic carbocycles. The molecule has 0 spiro atoms. The van der Waals surface area contributed by atoms with Crippen LogP contribution in [0.5, 0.6) is 11.5 Å². The standard InChI is InChI=1S/C22H27BrN4O3/c1-27(8-4-3-5-9-28)13-15-6-7-16(23)10-18(15)26-22-17-11-20(29)21(30-2)12-19(17)24-14-25-22/h6-7,10-12,14,28-29H,3-5,8-9,13H2,1-2H3,(H,24,25,26). The Labute approximate surface area is 184 Å². The number of aromatic hydroxyl groups is 1. The van der Waals surface area contributed by atoms with Crippen molar-refractivity contribution in [3.05, 3.63) is 46.7 Å². The summed E-state index contributed by atoms with van der Waals surface area (Å²) in [6.45, 7) is 1.98. The monoisotopic (exact) mass is 474 g/mol. The smallest absolute Gasteiger partial charge is 0.162 e. The number of unbranched alkanes of at least 4 members (excludes halogenated alkanes) is 2. The second kappa shape index (κ2) is 10.6. The van der Waals surface area contributed by atoms with E-state index < -0.39 is 0 Å². The van der Waals surface area contributed by atoms with Crippen molar-refractivity contribution >= 4 is 38.3 Å². The van der Waals surface area contributed by atoms with Crippen LogP contribution in [0, 0.1) is 0 Å². The Morgan fingerprint density at radius 1 is 1.13 bits per heavy atom. The molecule has 3 aromatic rings. The molecule has 0 saturated heterocycles. The summed E-state index contributed by atoms with van der Waals surface area (Å²) in [6.07, 6.45) is 4.41. The van der Waals surface area contributed by atoms with E-state index in [1.165, 1.54) is 13.4 Å². The number of halogens is 1. The van der Waals surface area contributed by atoms with Gasteiger partial charge in [0.15, 0.2) is 11.5 Å². The summed E-state index contributed by atoms with van der Waals surface area (Å²) in [5.41, 5.74) is 2.74. The molecule has 2 aromatic carbocycles. The van der Waals surface area contributed by atoms with E-state index in [0.29, 0.717) is 22.5 Å². The van der Waals surface area contributed by atoms with Crippen molar-refractivity contribution in [2.45, 2.75) is 25.8 Å². The van der Waals surface area contributed by atoms with Crippen molar-refractivity contribution in [1.29, 1.82) is 0 Å². The Morgan fingerprint density at radius 3 is 2.73 bits per heavy atom. The summed E-state index contributed by atoms with van der Waals surface area (Å²) in [5, 5.41) is 23.2. The number of hydrogen-bond donors (Lipinski definition) is 3. The van der Waals surface area contributed by atoms with E-state index in [-0.39, 0.29) is 12.4 Å². The third-order valence-electron chi connectivity index (χ3n) is 4.90. The lowest BCUT2D eigenvalue weighted by Gasteiger charge is -2.20. The van der Waals surface area contributed by atoms with E-state index in [1.54, 1.807) is 12.1 Å². The number of anilines is 2. The minimum atomic E-state index is 0.0416. The highest BCUT2D eigenvalue weighted by Gasteiger charge is 2.13. The number of aliphatic hydroxyl groups is 1. The number of hydrogen-bond acceptors (Lipinski definition) is 7. The normalized spacial score (nSPS) is 11.2. The molecule has 3 N–H and O–H groups in total. The van der Waals surface area contributed by atoms with Gasteiger partial charge in [-0.25, -0.2) is 9.97 Å². The van der Waals surface area contributed by atoms with Gasteiger partial charge in [-0.15, -0.1) is 0 Å². The van der Waals surface area contributed by atoms with Gasteiger partial charge in [-0.05, 0) is 56.6 Å². The van der Waals surface area contributed by atoms with Crippen LogP contribution in [0.1, 0.15) is 24.8 Å². The fourth-order valence-corrected chi connectivity index (χ4v) is 3.67. The van der Waals surface area contributed by atoms with E-state index in [2.05, 4.69) is 49.2 Å². The topological polar surface area (TPSA) is 90.7 Å². The van der Waals surface area contributed by atoms with E-state index >= 15 is 0 Å². The minimum Gasteiger partial charge on any atom is -0.504 e. The number of methoxy groups -OCH3 is 1. The first-order chi connectivity index (χ1) is 14.5. The molecule has 0 fully saturated rings. The minimum absolute atomic E-state index is 0.0416. The van der Waals surface area contributed by atoms with Crippen LogP contribution >= 0.6 is 15.9 Å². The van der Waals surface area contributed by atoms with E-state index in [9.17, 15) is 5.11 Å². The molecule has 0 saturated carbocycles. The SMILES string of the molecule is COc1cc2ncnc(Nc3cc(Br)ccc3CN(C)CCCCCO)c2cc1O. The summed E-state index contributed by atoms with van der Waals surface area (Å²) < 4.78 is 6.14. The molecule has 0 aliphatic rings. The van der Waals surface area contributed by atoms with Crippen LogP contribution < -0.4 is 10.1 Å². The van der Waals surface area contributed by atoms with Gasteiger partial charge < -0.3 is 25.2 Å². The van der Waals surface area contributed by atoms with Gasteiger partial charge in [-0.3, -0.25) is 0 Å². The molecular weight excluding hydrogens is 448 g/mol. The quantitative estimate of drug-likeness (QED) is 0.374. The predicted molar refractivity (Wildman–Crippen MR) is 122 cm³/mol. The second-order valence-corrected chi connectivity index (χ2v) is 8.13. The Balaban J connectivity index is 1.84. The number of aromatic nitrogens is 2. The van der Waals surface area contributed by atoms with Crippen LogP contribution in [0.4, 0.5) is 11.5 Å². The number of benzene rings is 2. The molecule has 30 heavy (non-hydrogen) atoms. The van der Waals surface area contributed by atoms with Crippen LogP contribution in [-0.4, -0.2) is 52.4 Å². The zero-order chi connectivity index (χ0) is 21.5. The van der Waals surface area contributed by atoms with Crippen molar-refractivity contribution in [2.24, 2.45) is 0 Å². The summed E-state index contributed by atoms with van der Waals surface area (Å²) in [6, 6.07) is 9.43. The third-order valence-corrected chi connectivity index (χ3v) is 5.39. The number of aliphatic hydroxyl groups excluding tert-OH is 1. The zero-order valence-electron chi connectivity index (χ0n) is 17.2. The molecule has 0 amide bonds. The average Bonchev–Trinajstić information content (AvgIpc) is 2.73. The van der Waals surface area contributed by atoms with E-state index in [1.807, 2.05) is 12.1 Å². The first kappa shape index (κ1) is 22.3. The summed E-state index contributed by atoms with van der Waals surface area (Å²) >= 11 is 3.55. The molecule has 8 heteroatoms. The number of ether oxygens (including phenoxy) is 1. The number of nitrogens with zero attached hydrogens (tertiary/aromatic N) is 3. The Kier molecular flexibility index (Phi) is 7.84. The number of nitrogens with one attached hydrogen (secondary N) is 1. The van der Waals surface area contributed by atoms with Gasteiger partial charge in [0, 0.05) is 34.8 Å². The zero-order valence-corrected chi connectivity index (χ0v) is 18.8. The molecule has 160 valence electrons. The lowest BCUT2D eigenvalue weighted by molar-refractivity contribution is 0.271. The maximum Gasteiger partial charge on any atom is 0.162 e. The Hall–Kier alpha value is -2.42. The molecular formula is C22H27BrN4O3. The number of rotatable bonds is 10. The van der Waals surface area contributed by atoms with E-state index in [4.69, 9.17) is 9.84 Å². The van der Waals surface area contributed by atoms with Gasteiger partial charge >= 0.3 is 0 Å². The van der Waals surface area contributed by atoms with Crippen LogP contribution in [0.25, 0.3) is 10.9 Å². The fraction of sp³-hybridized carbons (Fsp3) is 0.364. The molecule has 1 aromatic heterocycles. The van der Waals surface area contributed by atoms with Gasteiger partial charge in [0.2, 0.25) is 0 Å². The lowest BCUT2D eigenvalue weighted by Crippen LogP contribution is -2.20. The molecule has 0 atom stereocenters. The van der Waals surface area contributed by atoms with Gasteiger partial charge in [0.25, 0.3) is 0 Å². The van der Waals surface area contributed by atoms with Crippen molar-refractivity contribution in [2.75, 3.05) is 32.6 Å². The highest BCUT2D eigenvalue weighted by atomic mass is 79.9. The molecule has 0 unspecified atom stereocenters. The predicted octanol–water partition coefficient (Wildman–Crippen LogP) is 4.44. The van der Waals surface area contributed by atoms with Crippen LogP contribution in [0.15, 0.2) is 41.1 Å². The van der Waals surface area contributed by atoms with Crippen molar-refractivity contribution in [3.63, 3.8) is 0 Å². The molecule has 0 aliphatic heterocycles. The Morgan fingerprint density at radius 2 is 1.97 bits per heavy atom. The van der Waals surface area contributed by atoms with Crippen molar-refractivity contribution in [1.82, 2.24) is 14.9 Å². The maximum absolute atomic E-state index is 10.2. The molecule has 7 nitrogen and oxygen atoms in total. The summed E-state index contributed by atoms with van der Waals surface area (Å²) in [7, 11) is 3.60. The first-order valence-corrected chi connectivity index (χ1v) is 10.7. The number of phenols is 1. The van der Waals surface area contributed by atoms with Gasteiger partial charge in [-0.2, -0.15) is 0 Å². The Bertz CT molecular complexity index is 1000. The highest BCUT2D eigenvalue weighted by Crippen LogP contribution is 2.34. The average molecular weight is 475 g/mol. The number of phenolic OH excluding ortho intramolecular Hbond substituents is 1. The van der Waals surface area contributed by atoms with Crippen LogP contribution in [0.2, 0.25) is 0 Å². The van der Waals surface area contributed by atoms with E-state index in [0.717, 1.165) is 48.1 Å². The van der Waals surface area contributed by atoms with Crippen molar-refractivity contribution in [3.8, 4) is 11.5 Å². The molecule has 0 radical (unpaired) electrons. The third kappa shape index (κ3) is 5.59.